The van der Waals surface area contributed by atoms with Gasteiger partial charge in [0.1, 0.15) is 5.75 Å². The van der Waals surface area contributed by atoms with Crippen LogP contribution in [0.1, 0.15) is 31.7 Å². The maximum absolute atomic E-state index is 12.4. The highest BCUT2D eigenvalue weighted by molar-refractivity contribution is 5.89. The second kappa shape index (κ2) is 9.42. The number of rotatable bonds is 6. The number of amides is 2. The molecule has 3 N–H and O–H groups in total. The van der Waals surface area contributed by atoms with Crippen molar-refractivity contribution in [1.82, 2.24) is 10.2 Å². The van der Waals surface area contributed by atoms with E-state index in [4.69, 9.17) is 0 Å². The molecule has 0 radical (unpaired) electrons. The molecule has 2 aromatic carbocycles. The fraction of sp³-hybridized carbons (Fsp3) is 0.409. The van der Waals surface area contributed by atoms with Gasteiger partial charge in [-0.05, 0) is 62.4 Å². The Bertz CT molecular complexity index is 710. The summed E-state index contributed by atoms with van der Waals surface area (Å²) in [5.41, 5.74) is 2.08. The van der Waals surface area contributed by atoms with E-state index in [1.807, 2.05) is 47.4 Å². The lowest BCUT2D eigenvalue weighted by Crippen LogP contribution is -2.48. The average Bonchev–Trinajstić information content (AvgIpc) is 2.69. The van der Waals surface area contributed by atoms with Crippen molar-refractivity contribution in [2.45, 2.75) is 44.7 Å². The number of aryl methyl sites for hydroxylation is 1. The molecule has 0 aromatic heterocycles. The van der Waals surface area contributed by atoms with Gasteiger partial charge < -0.3 is 20.6 Å². The zero-order valence-electron chi connectivity index (χ0n) is 15.9. The van der Waals surface area contributed by atoms with E-state index in [1.54, 1.807) is 12.1 Å². The van der Waals surface area contributed by atoms with Crippen molar-refractivity contribution in [1.29, 1.82) is 0 Å². The maximum atomic E-state index is 12.4. The molecule has 1 saturated heterocycles. The summed E-state index contributed by atoms with van der Waals surface area (Å²) in [5, 5.41) is 16.0. The van der Waals surface area contributed by atoms with Crippen molar-refractivity contribution in [2.75, 3.05) is 18.4 Å². The minimum Gasteiger partial charge on any atom is -0.508 e. The Hall–Kier alpha value is -2.53. The molecule has 2 aromatic rings. The second-order valence-corrected chi connectivity index (χ2v) is 7.33. The van der Waals surface area contributed by atoms with Crippen LogP contribution in [0.3, 0.4) is 0 Å². The molecule has 27 heavy (non-hydrogen) atoms. The average molecular weight is 367 g/mol. The van der Waals surface area contributed by atoms with Crippen LogP contribution in [0.15, 0.2) is 54.6 Å². The number of nitrogens with one attached hydrogen (secondary N) is 2. The van der Waals surface area contributed by atoms with Gasteiger partial charge in [0.25, 0.3) is 0 Å². The minimum absolute atomic E-state index is 0.0139. The van der Waals surface area contributed by atoms with Gasteiger partial charge in [0.05, 0.1) is 0 Å². The van der Waals surface area contributed by atoms with Gasteiger partial charge in [0.2, 0.25) is 0 Å². The molecule has 1 aliphatic rings. The van der Waals surface area contributed by atoms with Crippen LogP contribution in [-0.4, -0.2) is 41.2 Å². The van der Waals surface area contributed by atoms with Gasteiger partial charge in [-0.2, -0.15) is 0 Å². The fourth-order valence-corrected chi connectivity index (χ4v) is 3.50. The minimum atomic E-state index is -0.0139. The number of piperidine rings is 1. The monoisotopic (exact) mass is 367 g/mol. The molecule has 0 spiro atoms. The lowest BCUT2D eigenvalue weighted by Gasteiger charge is -2.34. The van der Waals surface area contributed by atoms with Gasteiger partial charge >= 0.3 is 6.03 Å². The quantitative estimate of drug-likeness (QED) is 0.723. The predicted molar refractivity (Wildman–Crippen MR) is 109 cm³/mol. The summed E-state index contributed by atoms with van der Waals surface area (Å²) in [6.07, 6.45) is 4.00. The van der Waals surface area contributed by atoms with Gasteiger partial charge in [-0.1, -0.05) is 30.3 Å². The fourth-order valence-electron chi connectivity index (χ4n) is 3.50. The SMILES string of the molecule is CC(CCc1ccc(O)cc1)NC1CCN(C(=O)Nc2ccccc2)CC1. The van der Waals surface area contributed by atoms with E-state index < -0.39 is 0 Å². The molecule has 0 aliphatic carbocycles. The van der Waals surface area contributed by atoms with Gasteiger partial charge in [0.15, 0.2) is 0 Å². The Morgan fingerprint density at radius 1 is 1.11 bits per heavy atom. The Balaban J connectivity index is 1.37. The van der Waals surface area contributed by atoms with E-state index in [-0.39, 0.29) is 6.03 Å². The standard InChI is InChI=1S/C22H29N3O2/c1-17(7-8-18-9-11-21(26)12-10-18)23-20-13-15-25(16-14-20)22(27)24-19-5-3-2-4-6-19/h2-6,9-12,17,20,23,26H,7-8,13-16H2,1H3,(H,24,27). The van der Waals surface area contributed by atoms with E-state index >= 15 is 0 Å². The molecule has 1 fully saturated rings. The third-order valence-electron chi connectivity index (χ3n) is 5.13. The number of urea groups is 1. The molecule has 0 saturated carbocycles. The largest absolute Gasteiger partial charge is 0.508 e. The molecule has 0 bridgehead atoms. The van der Waals surface area contributed by atoms with Crippen LogP contribution in [0.5, 0.6) is 5.75 Å². The first-order valence-electron chi connectivity index (χ1n) is 9.75. The van der Waals surface area contributed by atoms with Gasteiger partial charge in [-0.3, -0.25) is 0 Å². The number of carbonyl (C=O) groups excluding carboxylic acids is 1. The van der Waals surface area contributed by atoms with E-state index in [2.05, 4.69) is 17.6 Å². The van der Waals surface area contributed by atoms with Gasteiger partial charge in [-0.15, -0.1) is 0 Å². The lowest BCUT2D eigenvalue weighted by atomic mass is 10.0. The van der Waals surface area contributed by atoms with Crippen molar-refractivity contribution >= 4 is 11.7 Å². The Labute approximate surface area is 161 Å². The number of carbonyl (C=O) groups is 1. The molecular weight excluding hydrogens is 338 g/mol. The maximum Gasteiger partial charge on any atom is 0.321 e. The van der Waals surface area contributed by atoms with Gasteiger partial charge in [-0.25, -0.2) is 4.79 Å². The summed E-state index contributed by atoms with van der Waals surface area (Å²) < 4.78 is 0. The third-order valence-corrected chi connectivity index (χ3v) is 5.13. The number of phenols is 1. The summed E-state index contributed by atoms with van der Waals surface area (Å²) >= 11 is 0. The van der Waals surface area contributed by atoms with Crippen LogP contribution in [0, 0.1) is 0 Å². The number of hydrogen-bond acceptors (Lipinski definition) is 3. The Kier molecular flexibility index (Phi) is 6.71. The number of anilines is 1. The first-order valence-corrected chi connectivity index (χ1v) is 9.75. The number of phenolic OH excluding ortho intramolecular Hbond substituents is 1. The highest BCUT2D eigenvalue weighted by Crippen LogP contribution is 2.16. The summed E-state index contributed by atoms with van der Waals surface area (Å²) in [4.78, 5) is 14.3. The van der Waals surface area contributed by atoms with Crippen LogP contribution in [0.4, 0.5) is 10.5 Å². The summed E-state index contributed by atoms with van der Waals surface area (Å²) in [6.45, 7) is 3.77. The number of para-hydroxylation sites is 1. The predicted octanol–water partition coefficient (Wildman–Crippen LogP) is 4.00. The van der Waals surface area contributed by atoms with E-state index in [0.717, 1.165) is 44.5 Å². The molecular formula is C22H29N3O2. The van der Waals surface area contributed by atoms with Crippen molar-refractivity contribution in [3.63, 3.8) is 0 Å². The van der Waals surface area contributed by atoms with Crippen LogP contribution in [0.25, 0.3) is 0 Å². The highest BCUT2D eigenvalue weighted by atomic mass is 16.3. The molecule has 1 aliphatic heterocycles. The number of hydrogen-bond donors (Lipinski definition) is 3. The van der Waals surface area contributed by atoms with Crippen LogP contribution < -0.4 is 10.6 Å². The first kappa shape index (κ1) is 19.2. The molecule has 3 rings (SSSR count). The summed E-state index contributed by atoms with van der Waals surface area (Å²) in [6, 6.07) is 17.9. The molecule has 144 valence electrons. The van der Waals surface area contributed by atoms with E-state index in [9.17, 15) is 9.90 Å². The smallest absolute Gasteiger partial charge is 0.321 e. The molecule has 2 amide bonds. The topological polar surface area (TPSA) is 64.6 Å². The third kappa shape index (κ3) is 6.00. The van der Waals surface area contributed by atoms with Crippen molar-refractivity contribution < 1.29 is 9.90 Å². The van der Waals surface area contributed by atoms with E-state index in [1.165, 1.54) is 5.56 Å². The Morgan fingerprint density at radius 2 is 1.78 bits per heavy atom. The number of nitrogens with zero attached hydrogens (tertiary/aromatic N) is 1. The van der Waals surface area contributed by atoms with E-state index in [0.29, 0.717) is 17.8 Å². The number of benzene rings is 2. The van der Waals surface area contributed by atoms with Crippen LogP contribution in [0.2, 0.25) is 0 Å². The van der Waals surface area contributed by atoms with Crippen LogP contribution in [-0.2, 0) is 6.42 Å². The normalized spacial score (nSPS) is 16.1. The number of aromatic hydroxyl groups is 1. The lowest BCUT2D eigenvalue weighted by molar-refractivity contribution is 0.186. The summed E-state index contributed by atoms with van der Waals surface area (Å²) in [7, 11) is 0. The molecule has 5 nitrogen and oxygen atoms in total. The van der Waals surface area contributed by atoms with Gasteiger partial charge in [0, 0.05) is 30.9 Å². The molecule has 1 heterocycles. The highest BCUT2D eigenvalue weighted by Gasteiger charge is 2.23. The Morgan fingerprint density at radius 3 is 2.44 bits per heavy atom. The first-order chi connectivity index (χ1) is 13.1. The molecule has 1 atom stereocenters. The molecule has 1 unspecified atom stereocenters. The van der Waals surface area contributed by atoms with Crippen molar-refractivity contribution in [3.8, 4) is 5.75 Å². The second-order valence-electron chi connectivity index (χ2n) is 7.33. The van der Waals surface area contributed by atoms with Crippen molar-refractivity contribution in [2.24, 2.45) is 0 Å². The zero-order valence-corrected chi connectivity index (χ0v) is 15.9. The number of likely N-dealkylation sites (tertiary alicyclic amines) is 1. The van der Waals surface area contributed by atoms with Crippen molar-refractivity contribution in [3.05, 3.63) is 60.2 Å². The van der Waals surface area contributed by atoms with Crippen LogP contribution >= 0.6 is 0 Å². The summed E-state index contributed by atoms with van der Waals surface area (Å²) in [5.74, 6) is 0.313. The molecule has 5 heteroatoms. The zero-order chi connectivity index (χ0) is 19.1.